The normalized spacial score (nSPS) is 10.4. The van der Waals surface area contributed by atoms with Gasteiger partial charge in [0.15, 0.2) is 0 Å². The Morgan fingerprint density at radius 3 is 2.03 bits per heavy atom. The summed E-state index contributed by atoms with van der Waals surface area (Å²) in [5.41, 5.74) is 2.43. The third-order valence-electron chi connectivity index (χ3n) is 4.97. The topological polar surface area (TPSA) is 133 Å². The van der Waals surface area contributed by atoms with Crippen molar-refractivity contribution in [2.75, 3.05) is 16.4 Å². The highest BCUT2D eigenvalue weighted by atomic mass is 32.2. The fourth-order valence-electron chi connectivity index (χ4n) is 3.22. The van der Waals surface area contributed by atoms with Crippen molar-refractivity contribution in [2.45, 2.75) is 18.7 Å². The maximum atomic E-state index is 12.6. The monoisotopic (exact) mass is 478 g/mol. The molecule has 0 aliphatic carbocycles. The number of carboxylic acids is 2. The summed E-state index contributed by atoms with van der Waals surface area (Å²) < 4.78 is 0. The molecule has 9 heteroatoms. The molecule has 0 bridgehead atoms. The fraction of sp³-hybridized carbons (Fsp3) is 0.120. The van der Waals surface area contributed by atoms with Crippen LogP contribution in [0.25, 0.3) is 0 Å². The van der Waals surface area contributed by atoms with Crippen LogP contribution in [0.3, 0.4) is 0 Å². The van der Waals surface area contributed by atoms with Crippen molar-refractivity contribution in [3.63, 3.8) is 0 Å². The van der Waals surface area contributed by atoms with Crippen LogP contribution in [0, 0.1) is 13.8 Å². The number of aromatic carboxylic acids is 2. The lowest BCUT2D eigenvalue weighted by atomic mass is 10.0. The summed E-state index contributed by atoms with van der Waals surface area (Å²) in [6, 6.07) is 15.8. The number of anilines is 2. The second-order valence-electron chi connectivity index (χ2n) is 7.45. The number of carbonyl (C=O) groups is 4. The van der Waals surface area contributed by atoms with E-state index in [1.807, 2.05) is 32.0 Å². The summed E-state index contributed by atoms with van der Waals surface area (Å²) in [6.45, 7) is 3.87. The van der Waals surface area contributed by atoms with E-state index < -0.39 is 23.4 Å². The minimum absolute atomic E-state index is 0.134. The van der Waals surface area contributed by atoms with Crippen LogP contribution in [-0.4, -0.2) is 39.7 Å². The van der Waals surface area contributed by atoms with E-state index in [2.05, 4.69) is 10.6 Å². The van der Waals surface area contributed by atoms with Crippen molar-refractivity contribution in [3.05, 3.63) is 88.5 Å². The second-order valence-corrected chi connectivity index (χ2v) is 8.50. The molecule has 0 saturated heterocycles. The van der Waals surface area contributed by atoms with Crippen molar-refractivity contribution >= 4 is 46.9 Å². The molecule has 0 aliphatic heterocycles. The molecule has 4 N–H and O–H groups in total. The molecule has 174 valence electrons. The molecule has 3 rings (SSSR count). The number of benzene rings is 3. The van der Waals surface area contributed by atoms with Crippen LogP contribution in [0.15, 0.2) is 65.6 Å². The van der Waals surface area contributed by atoms with Gasteiger partial charge in [-0.1, -0.05) is 18.2 Å². The molecular weight excluding hydrogens is 456 g/mol. The smallest absolute Gasteiger partial charge is 0.336 e. The van der Waals surface area contributed by atoms with E-state index in [1.165, 1.54) is 23.9 Å². The summed E-state index contributed by atoms with van der Waals surface area (Å²) in [4.78, 5) is 48.3. The van der Waals surface area contributed by atoms with Crippen LogP contribution in [0.4, 0.5) is 11.4 Å². The van der Waals surface area contributed by atoms with Gasteiger partial charge in [-0.15, -0.1) is 11.8 Å². The molecule has 0 spiro atoms. The van der Waals surface area contributed by atoms with E-state index in [4.69, 9.17) is 5.11 Å². The Kier molecular flexibility index (Phi) is 7.70. The van der Waals surface area contributed by atoms with E-state index in [0.717, 1.165) is 27.8 Å². The number of nitrogens with one attached hydrogen (secondary N) is 2. The van der Waals surface area contributed by atoms with Crippen LogP contribution >= 0.6 is 11.8 Å². The summed E-state index contributed by atoms with van der Waals surface area (Å²) >= 11 is 1.34. The average Bonchev–Trinajstić information content (AvgIpc) is 2.80. The summed E-state index contributed by atoms with van der Waals surface area (Å²) in [5.74, 6) is -3.30. The lowest BCUT2D eigenvalue weighted by Gasteiger charge is -2.11. The predicted molar refractivity (Wildman–Crippen MR) is 130 cm³/mol. The molecule has 0 heterocycles. The van der Waals surface area contributed by atoms with Crippen LogP contribution < -0.4 is 10.6 Å². The van der Waals surface area contributed by atoms with E-state index in [1.54, 1.807) is 24.3 Å². The van der Waals surface area contributed by atoms with Gasteiger partial charge in [0, 0.05) is 16.3 Å². The zero-order valence-corrected chi connectivity index (χ0v) is 19.2. The third-order valence-corrected chi connectivity index (χ3v) is 5.98. The largest absolute Gasteiger partial charge is 0.478 e. The first-order chi connectivity index (χ1) is 16.2. The lowest BCUT2D eigenvalue weighted by Crippen LogP contribution is -2.17. The predicted octanol–water partition coefficient (Wildman–Crippen LogP) is 4.68. The highest BCUT2D eigenvalue weighted by molar-refractivity contribution is 8.00. The van der Waals surface area contributed by atoms with Crippen molar-refractivity contribution < 1.29 is 29.4 Å². The Morgan fingerprint density at radius 1 is 0.794 bits per heavy atom. The zero-order valence-electron chi connectivity index (χ0n) is 18.4. The highest BCUT2D eigenvalue weighted by Crippen LogP contribution is 2.23. The summed E-state index contributed by atoms with van der Waals surface area (Å²) in [6.07, 6.45) is 0. The number of carboxylic acid groups (broad SMARTS) is 2. The van der Waals surface area contributed by atoms with Gasteiger partial charge in [-0.2, -0.15) is 0 Å². The van der Waals surface area contributed by atoms with E-state index >= 15 is 0 Å². The van der Waals surface area contributed by atoms with Crippen LogP contribution in [0.1, 0.15) is 42.2 Å². The maximum Gasteiger partial charge on any atom is 0.336 e. The zero-order chi connectivity index (χ0) is 24.8. The molecule has 3 aromatic carbocycles. The van der Waals surface area contributed by atoms with Gasteiger partial charge in [0.25, 0.3) is 5.91 Å². The molecule has 0 fully saturated rings. The number of hydrogen-bond donors (Lipinski definition) is 4. The fourth-order valence-corrected chi connectivity index (χ4v) is 3.92. The minimum atomic E-state index is -1.40. The van der Waals surface area contributed by atoms with Gasteiger partial charge in [-0.3, -0.25) is 9.59 Å². The van der Waals surface area contributed by atoms with Crippen LogP contribution in [-0.2, 0) is 4.79 Å². The Balaban J connectivity index is 1.62. The van der Waals surface area contributed by atoms with Gasteiger partial charge in [-0.25, -0.2) is 9.59 Å². The molecular formula is C25H22N2O6S. The molecule has 0 radical (unpaired) electrons. The molecule has 0 aliphatic rings. The molecule has 0 saturated carbocycles. The molecule has 0 aromatic heterocycles. The Bertz CT molecular complexity index is 1250. The lowest BCUT2D eigenvalue weighted by molar-refractivity contribution is -0.113. The SMILES string of the molecule is Cc1cccc(C)c1NC(=O)CSc1ccc(NC(=O)c2ccc(C(=O)O)cc2C(=O)O)cc1. The number of thioether (sulfide) groups is 1. The Labute approximate surface area is 200 Å². The van der Waals surface area contributed by atoms with Gasteiger partial charge >= 0.3 is 11.9 Å². The summed E-state index contributed by atoms with van der Waals surface area (Å²) in [7, 11) is 0. The quantitative estimate of drug-likeness (QED) is 0.345. The molecule has 3 aromatic rings. The molecule has 34 heavy (non-hydrogen) atoms. The number of amides is 2. The summed E-state index contributed by atoms with van der Waals surface area (Å²) in [5, 5.41) is 23.9. The average molecular weight is 479 g/mol. The molecule has 0 unspecified atom stereocenters. The molecule has 2 amide bonds. The first-order valence-electron chi connectivity index (χ1n) is 10.2. The van der Waals surface area contributed by atoms with E-state index in [9.17, 15) is 24.3 Å². The first kappa shape index (κ1) is 24.5. The van der Waals surface area contributed by atoms with Crippen LogP contribution in [0.5, 0.6) is 0 Å². The molecule has 8 nitrogen and oxygen atoms in total. The van der Waals surface area contributed by atoms with Crippen molar-refractivity contribution in [3.8, 4) is 0 Å². The highest BCUT2D eigenvalue weighted by Gasteiger charge is 2.19. The third kappa shape index (κ3) is 6.02. The van der Waals surface area contributed by atoms with Gasteiger partial charge in [-0.05, 0) is 67.4 Å². The van der Waals surface area contributed by atoms with Gasteiger partial charge in [0.05, 0.1) is 22.4 Å². The van der Waals surface area contributed by atoms with Crippen molar-refractivity contribution in [2.24, 2.45) is 0 Å². The van der Waals surface area contributed by atoms with Crippen molar-refractivity contribution in [1.29, 1.82) is 0 Å². The van der Waals surface area contributed by atoms with Crippen molar-refractivity contribution in [1.82, 2.24) is 0 Å². The van der Waals surface area contributed by atoms with Crippen LogP contribution in [0.2, 0.25) is 0 Å². The first-order valence-corrected chi connectivity index (χ1v) is 11.1. The second kappa shape index (κ2) is 10.7. The van der Waals surface area contributed by atoms with E-state index in [0.29, 0.717) is 5.69 Å². The van der Waals surface area contributed by atoms with Gasteiger partial charge < -0.3 is 20.8 Å². The number of rotatable bonds is 8. The number of carbonyl (C=O) groups excluding carboxylic acids is 2. The minimum Gasteiger partial charge on any atom is -0.478 e. The number of aryl methyl sites for hydroxylation is 2. The Morgan fingerprint density at radius 2 is 1.44 bits per heavy atom. The van der Waals surface area contributed by atoms with Gasteiger partial charge in [0.1, 0.15) is 0 Å². The maximum absolute atomic E-state index is 12.6. The van der Waals surface area contributed by atoms with Gasteiger partial charge in [0.2, 0.25) is 5.91 Å². The number of para-hydroxylation sites is 1. The Hall–Kier alpha value is -4.11. The number of hydrogen-bond acceptors (Lipinski definition) is 5. The van der Waals surface area contributed by atoms with E-state index in [-0.39, 0.29) is 22.8 Å². The standard InChI is InChI=1S/C25H22N2O6S/c1-14-4-3-5-15(2)22(14)27-21(28)13-34-18-9-7-17(8-10-18)26-23(29)19-11-6-16(24(30)31)12-20(19)25(32)33/h3-12H,13H2,1-2H3,(H,26,29)(H,27,28)(H,30,31)(H,32,33). The molecule has 0 atom stereocenters.